The second-order valence-electron chi connectivity index (χ2n) is 5.40. The zero-order valence-corrected chi connectivity index (χ0v) is 13.0. The summed E-state index contributed by atoms with van der Waals surface area (Å²) >= 11 is 0. The van der Waals surface area contributed by atoms with Crippen molar-refractivity contribution >= 4 is 33.8 Å². The Kier molecular flexibility index (Phi) is 3.78. The molecule has 1 heterocycles. The molecule has 0 aliphatic rings. The summed E-state index contributed by atoms with van der Waals surface area (Å²) < 4.78 is 0. The van der Waals surface area contributed by atoms with Crippen molar-refractivity contribution in [1.82, 2.24) is 9.97 Å². The first-order valence-electron chi connectivity index (χ1n) is 7.78. The van der Waals surface area contributed by atoms with Gasteiger partial charge >= 0.3 is 0 Å². The summed E-state index contributed by atoms with van der Waals surface area (Å²) in [6, 6.07) is 24.1. The van der Waals surface area contributed by atoms with E-state index >= 15 is 0 Å². The molecule has 0 saturated carbocycles. The fourth-order valence-electron chi connectivity index (χ4n) is 2.61. The number of aromatic nitrogens is 2. The van der Waals surface area contributed by atoms with Gasteiger partial charge in [0, 0.05) is 23.8 Å². The van der Waals surface area contributed by atoms with Crippen LogP contribution in [0, 0.1) is 0 Å². The van der Waals surface area contributed by atoms with Gasteiger partial charge in [0.1, 0.15) is 11.0 Å². The number of anilines is 4. The van der Waals surface area contributed by atoms with Crippen LogP contribution in [0.1, 0.15) is 0 Å². The van der Waals surface area contributed by atoms with E-state index in [0.717, 1.165) is 33.8 Å². The molecule has 0 spiro atoms. The minimum Gasteiger partial charge on any atom is -0.354 e. The van der Waals surface area contributed by atoms with Crippen LogP contribution in [0.25, 0.3) is 11.0 Å². The average Bonchev–Trinajstić information content (AvgIpc) is 2.65. The predicted octanol–water partition coefficient (Wildman–Crippen LogP) is 5.12. The molecule has 4 rings (SSSR count). The van der Waals surface area contributed by atoms with Crippen LogP contribution < -0.4 is 10.6 Å². The molecule has 4 nitrogen and oxygen atoms in total. The quantitative estimate of drug-likeness (QED) is 0.549. The van der Waals surface area contributed by atoms with Gasteiger partial charge in [-0.05, 0) is 36.4 Å². The van der Waals surface area contributed by atoms with Crippen molar-refractivity contribution in [1.29, 1.82) is 0 Å². The molecule has 24 heavy (non-hydrogen) atoms. The number of rotatable bonds is 4. The Morgan fingerprint density at radius 2 is 0.917 bits per heavy atom. The van der Waals surface area contributed by atoms with Crippen molar-refractivity contribution in [3.05, 3.63) is 85.2 Å². The van der Waals surface area contributed by atoms with Crippen LogP contribution in [0.3, 0.4) is 0 Å². The van der Waals surface area contributed by atoms with E-state index in [1.54, 1.807) is 12.4 Å². The van der Waals surface area contributed by atoms with E-state index in [9.17, 15) is 0 Å². The summed E-state index contributed by atoms with van der Waals surface area (Å²) in [5.74, 6) is 0. The highest BCUT2D eigenvalue weighted by atomic mass is 14.9. The van der Waals surface area contributed by atoms with Crippen molar-refractivity contribution in [2.24, 2.45) is 0 Å². The molecule has 0 radical (unpaired) electrons. The molecule has 3 aromatic carbocycles. The standard InChI is InChI=1S/C20H16N4/c1-3-7-15(8-4-1)23-17-11-12-18(20-19(17)21-13-14-22-20)24-16-9-5-2-6-10-16/h1-14,23-24H. The zero-order chi connectivity index (χ0) is 16.2. The van der Waals surface area contributed by atoms with Gasteiger partial charge in [-0.1, -0.05) is 36.4 Å². The maximum atomic E-state index is 4.51. The molecule has 4 heteroatoms. The van der Waals surface area contributed by atoms with E-state index in [1.807, 2.05) is 72.8 Å². The largest absolute Gasteiger partial charge is 0.354 e. The zero-order valence-electron chi connectivity index (χ0n) is 13.0. The van der Waals surface area contributed by atoms with Crippen molar-refractivity contribution in [3.63, 3.8) is 0 Å². The van der Waals surface area contributed by atoms with Gasteiger partial charge in [-0.2, -0.15) is 0 Å². The van der Waals surface area contributed by atoms with Crippen LogP contribution in [0.4, 0.5) is 22.7 Å². The maximum absolute atomic E-state index is 4.51. The maximum Gasteiger partial charge on any atom is 0.114 e. The van der Waals surface area contributed by atoms with E-state index in [-0.39, 0.29) is 0 Å². The first-order valence-corrected chi connectivity index (χ1v) is 7.78. The summed E-state index contributed by atoms with van der Waals surface area (Å²) in [5.41, 5.74) is 5.58. The second kappa shape index (κ2) is 6.38. The average molecular weight is 312 g/mol. The molecule has 1 aromatic heterocycles. The molecule has 0 unspecified atom stereocenters. The van der Waals surface area contributed by atoms with Crippen molar-refractivity contribution < 1.29 is 0 Å². The third-order valence-corrected chi connectivity index (χ3v) is 3.73. The Morgan fingerprint density at radius 3 is 1.33 bits per heavy atom. The van der Waals surface area contributed by atoms with E-state index in [1.165, 1.54) is 0 Å². The van der Waals surface area contributed by atoms with Crippen molar-refractivity contribution in [3.8, 4) is 0 Å². The van der Waals surface area contributed by atoms with Crippen molar-refractivity contribution in [2.75, 3.05) is 10.6 Å². The fourth-order valence-corrected chi connectivity index (χ4v) is 2.61. The van der Waals surface area contributed by atoms with Gasteiger partial charge in [-0.15, -0.1) is 0 Å². The summed E-state index contributed by atoms with van der Waals surface area (Å²) in [6.07, 6.45) is 3.43. The highest BCUT2D eigenvalue weighted by Crippen LogP contribution is 2.30. The smallest absolute Gasteiger partial charge is 0.114 e. The third kappa shape index (κ3) is 2.90. The number of hydrogen-bond acceptors (Lipinski definition) is 4. The highest BCUT2D eigenvalue weighted by molar-refractivity contribution is 5.98. The summed E-state index contributed by atoms with van der Waals surface area (Å²) in [4.78, 5) is 9.03. The lowest BCUT2D eigenvalue weighted by atomic mass is 10.2. The Bertz CT molecular complexity index is 873. The van der Waals surface area contributed by atoms with Gasteiger partial charge in [-0.25, -0.2) is 0 Å². The monoisotopic (exact) mass is 312 g/mol. The van der Waals surface area contributed by atoms with Gasteiger partial charge < -0.3 is 10.6 Å². The number of fused-ring (bicyclic) bond motifs is 1. The first kappa shape index (κ1) is 14.2. The van der Waals surface area contributed by atoms with Gasteiger partial charge in [0.05, 0.1) is 11.4 Å². The number of benzene rings is 3. The number of nitrogens with zero attached hydrogens (tertiary/aromatic N) is 2. The fraction of sp³-hybridized carbons (Fsp3) is 0. The van der Waals surface area contributed by atoms with E-state index in [4.69, 9.17) is 0 Å². The second-order valence-corrected chi connectivity index (χ2v) is 5.40. The molecule has 116 valence electrons. The summed E-state index contributed by atoms with van der Waals surface area (Å²) in [7, 11) is 0. The first-order chi connectivity index (χ1) is 11.9. The normalized spacial score (nSPS) is 10.5. The van der Waals surface area contributed by atoms with E-state index < -0.39 is 0 Å². The minimum absolute atomic E-state index is 0.835. The topological polar surface area (TPSA) is 49.8 Å². The van der Waals surface area contributed by atoms with Gasteiger partial charge in [-0.3, -0.25) is 9.97 Å². The summed E-state index contributed by atoms with van der Waals surface area (Å²) in [5, 5.41) is 6.82. The van der Waals surface area contributed by atoms with Crippen LogP contribution in [0.15, 0.2) is 85.2 Å². The van der Waals surface area contributed by atoms with E-state index in [2.05, 4.69) is 20.6 Å². The molecule has 0 aliphatic heterocycles. The van der Waals surface area contributed by atoms with Gasteiger partial charge in [0.2, 0.25) is 0 Å². The van der Waals surface area contributed by atoms with Gasteiger partial charge in [0.25, 0.3) is 0 Å². The molecule has 0 aliphatic carbocycles. The van der Waals surface area contributed by atoms with Gasteiger partial charge in [0.15, 0.2) is 0 Å². The Balaban J connectivity index is 1.74. The Morgan fingerprint density at radius 1 is 0.500 bits per heavy atom. The number of hydrogen-bond donors (Lipinski definition) is 2. The molecule has 4 aromatic rings. The molecule has 0 saturated heterocycles. The molecule has 2 N–H and O–H groups in total. The lowest BCUT2D eigenvalue weighted by Crippen LogP contribution is -1.98. The molecule has 0 bridgehead atoms. The highest BCUT2D eigenvalue weighted by Gasteiger charge is 2.09. The van der Waals surface area contributed by atoms with Crippen LogP contribution in [-0.4, -0.2) is 9.97 Å². The predicted molar refractivity (Wildman–Crippen MR) is 99.0 cm³/mol. The molecule has 0 amide bonds. The van der Waals surface area contributed by atoms with E-state index in [0.29, 0.717) is 0 Å². The summed E-state index contributed by atoms with van der Waals surface area (Å²) in [6.45, 7) is 0. The molecule has 0 fully saturated rings. The Hall–Kier alpha value is -3.40. The molecular weight excluding hydrogens is 296 g/mol. The number of nitrogens with one attached hydrogen (secondary N) is 2. The minimum atomic E-state index is 0.835. The van der Waals surface area contributed by atoms with Crippen molar-refractivity contribution in [2.45, 2.75) is 0 Å². The SMILES string of the molecule is c1ccc(Nc2ccc(Nc3ccccc3)c3nccnc23)cc1. The van der Waals surface area contributed by atoms with Crippen LogP contribution in [0.2, 0.25) is 0 Å². The lowest BCUT2D eigenvalue weighted by Gasteiger charge is -2.13. The molecular formula is C20H16N4. The molecule has 0 atom stereocenters. The van der Waals surface area contributed by atoms with Crippen LogP contribution >= 0.6 is 0 Å². The van der Waals surface area contributed by atoms with Crippen LogP contribution in [-0.2, 0) is 0 Å². The third-order valence-electron chi connectivity index (χ3n) is 3.73. The number of para-hydroxylation sites is 2. The van der Waals surface area contributed by atoms with Crippen LogP contribution in [0.5, 0.6) is 0 Å². The lowest BCUT2D eigenvalue weighted by molar-refractivity contribution is 1.29. The Labute approximate surface area is 140 Å².